The molecule has 2 aliphatic heterocycles. The highest BCUT2D eigenvalue weighted by Crippen LogP contribution is 2.39. The number of rotatable bonds is 6. The Kier molecular flexibility index (Phi) is 7.06. The molecule has 2 unspecified atom stereocenters. The van der Waals surface area contributed by atoms with Crippen molar-refractivity contribution in [3.63, 3.8) is 0 Å². The zero-order valence-corrected chi connectivity index (χ0v) is 19.0. The number of Topliss-reactive ketones (excluding diaryl/α,β-unsaturated/α-hetero) is 1. The molecule has 0 radical (unpaired) electrons. The molecule has 0 aromatic heterocycles. The van der Waals surface area contributed by atoms with E-state index in [9.17, 15) is 9.59 Å². The number of carbonyl (C=O) groups excluding carboxylic acids is 2. The molecule has 1 amide bonds. The van der Waals surface area contributed by atoms with Gasteiger partial charge in [-0.3, -0.25) is 4.79 Å². The third kappa shape index (κ3) is 5.75. The topological polar surface area (TPSA) is 59.1 Å². The molecule has 30 heavy (non-hydrogen) atoms. The Balaban J connectivity index is 1.62. The second kappa shape index (κ2) is 9.38. The van der Waals surface area contributed by atoms with Crippen molar-refractivity contribution in [3.8, 4) is 5.75 Å². The van der Waals surface area contributed by atoms with Gasteiger partial charge in [-0.05, 0) is 91.2 Å². The van der Waals surface area contributed by atoms with Gasteiger partial charge in [-0.15, -0.1) is 0 Å². The van der Waals surface area contributed by atoms with Crippen molar-refractivity contribution >= 4 is 11.9 Å². The van der Waals surface area contributed by atoms with E-state index in [-0.39, 0.29) is 29.9 Å². The highest BCUT2D eigenvalue weighted by molar-refractivity contribution is 5.98. The van der Waals surface area contributed by atoms with Crippen molar-refractivity contribution in [3.05, 3.63) is 29.8 Å². The minimum atomic E-state index is -0.506. The van der Waals surface area contributed by atoms with E-state index in [1.165, 1.54) is 0 Å². The maximum Gasteiger partial charge on any atom is 0.410 e. The predicted octanol–water partition coefficient (Wildman–Crippen LogP) is 4.38. The molecule has 0 N–H and O–H groups in total. The highest BCUT2D eigenvalue weighted by Gasteiger charge is 2.44. The van der Waals surface area contributed by atoms with Gasteiger partial charge in [-0.25, -0.2) is 4.79 Å². The molecular formula is C24H36N2O4. The summed E-state index contributed by atoms with van der Waals surface area (Å²) in [5.41, 5.74) is 0.220. The number of fused-ring (bicyclic) bond motifs is 2. The molecule has 3 rings (SSSR count). The summed E-state index contributed by atoms with van der Waals surface area (Å²) in [5, 5.41) is 0. The van der Waals surface area contributed by atoms with E-state index in [4.69, 9.17) is 9.47 Å². The second-order valence-electron chi connectivity index (χ2n) is 9.83. The fraction of sp³-hybridized carbons (Fsp3) is 0.667. The lowest BCUT2D eigenvalue weighted by molar-refractivity contribution is -0.0260. The number of benzene rings is 1. The lowest BCUT2D eigenvalue weighted by atomic mass is 9.76. The fourth-order valence-corrected chi connectivity index (χ4v) is 4.51. The summed E-state index contributed by atoms with van der Waals surface area (Å²) in [7, 11) is 4.02. The first-order valence-electron chi connectivity index (χ1n) is 11.1. The smallest absolute Gasteiger partial charge is 0.410 e. The van der Waals surface area contributed by atoms with E-state index in [0.717, 1.165) is 50.0 Å². The van der Waals surface area contributed by atoms with Crippen LogP contribution in [-0.4, -0.2) is 66.6 Å². The van der Waals surface area contributed by atoms with Gasteiger partial charge in [0.05, 0.1) is 0 Å². The number of hydrogen-bond donors (Lipinski definition) is 0. The summed E-state index contributed by atoms with van der Waals surface area (Å²) in [6.07, 6.45) is 4.19. The van der Waals surface area contributed by atoms with E-state index in [1.807, 2.05) is 64.0 Å². The number of nitrogens with zero attached hydrogens (tertiary/aromatic N) is 2. The zero-order valence-electron chi connectivity index (χ0n) is 19.0. The molecule has 0 aliphatic carbocycles. The second-order valence-corrected chi connectivity index (χ2v) is 9.83. The summed E-state index contributed by atoms with van der Waals surface area (Å²) >= 11 is 0. The first-order valence-corrected chi connectivity index (χ1v) is 11.1. The van der Waals surface area contributed by atoms with Gasteiger partial charge in [0.15, 0.2) is 5.78 Å². The first-order chi connectivity index (χ1) is 14.1. The monoisotopic (exact) mass is 416 g/mol. The molecule has 2 fully saturated rings. The lowest BCUT2D eigenvalue weighted by Gasteiger charge is -2.48. The van der Waals surface area contributed by atoms with Crippen LogP contribution >= 0.6 is 0 Å². The average molecular weight is 417 g/mol. The Morgan fingerprint density at radius 3 is 2.20 bits per heavy atom. The Morgan fingerprint density at radius 1 is 1.07 bits per heavy atom. The van der Waals surface area contributed by atoms with Gasteiger partial charge in [-0.1, -0.05) is 0 Å². The van der Waals surface area contributed by atoms with Crippen LogP contribution in [0, 0.1) is 5.92 Å². The van der Waals surface area contributed by atoms with Crippen LogP contribution in [0.4, 0.5) is 4.79 Å². The highest BCUT2D eigenvalue weighted by atomic mass is 16.6. The molecule has 6 heteroatoms. The Bertz CT molecular complexity index is 725. The predicted molar refractivity (Wildman–Crippen MR) is 117 cm³/mol. The van der Waals surface area contributed by atoms with Gasteiger partial charge in [0.2, 0.25) is 0 Å². The lowest BCUT2D eigenvalue weighted by Crippen LogP contribution is -2.56. The largest absolute Gasteiger partial charge is 0.492 e. The summed E-state index contributed by atoms with van der Waals surface area (Å²) in [5.74, 6) is 0.917. The van der Waals surface area contributed by atoms with Crippen LogP contribution in [0.2, 0.25) is 0 Å². The van der Waals surface area contributed by atoms with Crippen LogP contribution in [0.15, 0.2) is 24.3 Å². The van der Waals surface area contributed by atoms with Crippen molar-refractivity contribution < 1.29 is 19.1 Å². The van der Waals surface area contributed by atoms with Gasteiger partial charge in [0.25, 0.3) is 0 Å². The molecule has 2 aliphatic rings. The Labute approximate surface area is 180 Å². The molecule has 2 saturated heterocycles. The minimum absolute atomic E-state index is 0.0421. The fourth-order valence-electron chi connectivity index (χ4n) is 4.51. The normalized spacial score (nSPS) is 23.9. The van der Waals surface area contributed by atoms with Gasteiger partial charge in [0, 0.05) is 30.1 Å². The van der Waals surface area contributed by atoms with Gasteiger partial charge in [-0.2, -0.15) is 0 Å². The number of ketones is 1. The van der Waals surface area contributed by atoms with Crippen molar-refractivity contribution in [1.82, 2.24) is 9.80 Å². The quantitative estimate of drug-likeness (QED) is 0.644. The van der Waals surface area contributed by atoms with Gasteiger partial charge in [0.1, 0.15) is 18.0 Å². The SMILES string of the molecule is CN(C)CCOc1ccc(C(=O)C2CC3CCCC(C2)N3C(=O)OC(C)(C)C)cc1. The van der Waals surface area contributed by atoms with Crippen LogP contribution in [0.5, 0.6) is 5.75 Å². The number of piperidine rings is 2. The van der Waals surface area contributed by atoms with Crippen molar-refractivity contribution in [1.29, 1.82) is 0 Å². The van der Waals surface area contributed by atoms with Gasteiger partial charge < -0.3 is 19.3 Å². The molecule has 6 nitrogen and oxygen atoms in total. The van der Waals surface area contributed by atoms with E-state index in [0.29, 0.717) is 6.61 Å². The first kappa shape index (κ1) is 22.6. The molecule has 2 bridgehead atoms. The van der Waals surface area contributed by atoms with Crippen LogP contribution in [0.1, 0.15) is 63.2 Å². The maximum atomic E-state index is 13.2. The molecule has 1 aromatic carbocycles. The summed E-state index contributed by atoms with van der Waals surface area (Å²) in [4.78, 5) is 29.9. The van der Waals surface area contributed by atoms with Crippen LogP contribution in [0.25, 0.3) is 0 Å². The Hall–Kier alpha value is -2.08. The average Bonchev–Trinajstić information content (AvgIpc) is 2.65. The van der Waals surface area contributed by atoms with Crippen LogP contribution in [-0.2, 0) is 4.74 Å². The number of amides is 1. The summed E-state index contributed by atoms with van der Waals surface area (Å²) in [6, 6.07) is 7.66. The number of ether oxygens (including phenoxy) is 2. The molecule has 2 atom stereocenters. The summed E-state index contributed by atoms with van der Waals surface area (Å²) < 4.78 is 11.4. The number of likely N-dealkylation sites (N-methyl/N-ethyl adjacent to an activating group) is 1. The maximum absolute atomic E-state index is 13.2. The van der Waals surface area contributed by atoms with Crippen LogP contribution in [0.3, 0.4) is 0 Å². The zero-order chi connectivity index (χ0) is 21.9. The van der Waals surface area contributed by atoms with E-state index < -0.39 is 5.60 Å². The van der Waals surface area contributed by atoms with E-state index >= 15 is 0 Å². The summed E-state index contributed by atoms with van der Waals surface area (Å²) in [6.45, 7) is 7.15. The molecule has 0 spiro atoms. The molecule has 0 saturated carbocycles. The Morgan fingerprint density at radius 2 is 1.67 bits per heavy atom. The van der Waals surface area contributed by atoms with Crippen molar-refractivity contribution in [2.24, 2.45) is 5.92 Å². The number of hydrogen-bond acceptors (Lipinski definition) is 5. The third-order valence-electron chi connectivity index (χ3n) is 5.90. The third-order valence-corrected chi connectivity index (χ3v) is 5.90. The number of carbonyl (C=O) groups is 2. The van der Waals surface area contributed by atoms with E-state index in [2.05, 4.69) is 4.90 Å². The molecule has 1 aromatic rings. The minimum Gasteiger partial charge on any atom is -0.492 e. The van der Waals surface area contributed by atoms with Gasteiger partial charge >= 0.3 is 6.09 Å². The van der Waals surface area contributed by atoms with Crippen molar-refractivity contribution in [2.45, 2.75) is 70.6 Å². The van der Waals surface area contributed by atoms with E-state index in [1.54, 1.807) is 0 Å². The molecule has 166 valence electrons. The molecule has 2 heterocycles. The molecular weight excluding hydrogens is 380 g/mol. The standard InChI is InChI=1S/C24H36N2O4/c1-24(2,3)30-23(28)26-19-7-6-8-20(26)16-18(15-19)22(27)17-9-11-21(12-10-17)29-14-13-25(4)5/h9-12,18-20H,6-8,13-16H2,1-5H3. The van der Waals surface area contributed by atoms with Crippen molar-refractivity contribution in [2.75, 3.05) is 27.2 Å². The van der Waals surface area contributed by atoms with Crippen LogP contribution < -0.4 is 4.74 Å².